The average molecular weight is 421 g/mol. The summed E-state index contributed by atoms with van der Waals surface area (Å²) >= 11 is 0. The van der Waals surface area contributed by atoms with Crippen molar-refractivity contribution >= 4 is 29.9 Å². The van der Waals surface area contributed by atoms with Gasteiger partial charge in [-0.05, 0) is 30.0 Å². The molecule has 0 fully saturated rings. The molecule has 1 aromatic carbocycles. The van der Waals surface area contributed by atoms with Crippen LogP contribution < -0.4 is 15.8 Å². The molecule has 0 atom stereocenters. The Morgan fingerprint density at radius 2 is 2.09 bits per heavy atom. The highest BCUT2D eigenvalue weighted by atomic mass is 127. The minimum atomic E-state index is 0. The van der Waals surface area contributed by atoms with Crippen molar-refractivity contribution in [1.82, 2.24) is 5.32 Å². The van der Waals surface area contributed by atoms with Gasteiger partial charge in [-0.3, -0.25) is 0 Å². The largest absolute Gasteiger partial charge is 0.491 e. The van der Waals surface area contributed by atoms with Crippen LogP contribution in [0.5, 0.6) is 5.75 Å². The highest BCUT2D eigenvalue weighted by molar-refractivity contribution is 14.0. The molecule has 126 valence electrons. The van der Waals surface area contributed by atoms with Gasteiger partial charge in [-0.2, -0.15) is 0 Å². The number of hydrogen-bond acceptors (Lipinski definition) is 3. The van der Waals surface area contributed by atoms with E-state index in [0.717, 1.165) is 24.3 Å². The second kappa shape index (κ2) is 12.5. The van der Waals surface area contributed by atoms with Crippen molar-refractivity contribution in [2.75, 3.05) is 26.9 Å². The number of benzene rings is 1. The average Bonchev–Trinajstić information content (AvgIpc) is 2.45. The first-order valence-corrected chi connectivity index (χ1v) is 7.36. The Morgan fingerprint density at radius 1 is 1.32 bits per heavy atom. The van der Waals surface area contributed by atoms with Crippen molar-refractivity contribution in [3.8, 4) is 5.75 Å². The third kappa shape index (κ3) is 9.83. The Balaban J connectivity index is 0.00000441. The summed E-state index contributed by atoms with van der Waals surface area (Å²) in [7, 11) is 1.66. The molecule has 0 amide bonds. The minimum absolute atomic E-state index is 0. The van der Waals surface area contributed by atoms with Crippen LogP contribution in [0.4, 0.5) is 0 Å². The normalized spacial score (nSPS) is 11.2. The molecule has 0 unspecified atom stereocenters. The van der Waals surface area contributed by atoms with Crippen molar-refractivity contribution in [3.63, 3.8) is 0 Å². The van der Waals surface area contributed by atoms with Crippen molar-refractivity contribution in [2.45, 2.75) is 26.8 Å². The molecule has 0 saturated heterocycles. The lowest BCUT2D eigenvalue weighted by Crippen LogP contribution is -2.32. The monoisotopic (exact) mass is 421 g/mol. The van der Waals surface area contributed by atoms with Crippen LogP contribution in [0.15, 0.2) is 29.3 Å². The summed E-state index contributed by atoms with van der Waals surface area (Å²) in [5, 5.41) is 3.12. The van der Waals surface area contributed by atoms with Gasteiger partial charge in [0.1, 0.15) is 12.4 Å². The zero-order chi connectivity index (χ0) is 15.5. The third-order valence-electron chi connectivity index (χ3n) is 2.91. The summed E-state index contributed by atoms with van der Waals surface area (Å²) in [5.74, 6) is 1.97. The van der Waals surface area contributed by atoms with Crippen LogP contribution in [-0.2, 0) is 11.3 Å². The van der Waals surface area contributed by atoms with Gasteiger partial charge in [0, 0.05) is 13.7 Å². The Kier molecular flexibility index (Phi) is 11.9. The van der Waals surface area contributed by atoms with Crippen LogP contribution in [0.1, 0.15) is 25.8 Å². The van der Waals surface area contributed by atoms with Crippen molar-refractivity contribution in [2.24, 2.45) is 16.6 Å². The first-order chi connectivity index (χ1) is 10.1. The molecule has 0 radical (unpaired) electrons. The quantitative estimate of drug-likeness (QED) is 0.279. The topological polar surface area (TPSA) is 68.9 Å². The Hall–Kier alpha value is -1.02. The number of nitrogens with two attached hydrogens (primary N) is 1. The van der Waals surface area contributed by atoms with E-state index in [4.69, 9.17) is 15.2 Å². The smallest absolute Gasteiger partial charge is 0.188 e. The molecule has 0 spiro atoms. The molecule has 0 aromatic heterocycles. The van der Waals surface area contributed by atoms with E-state index in [1.165, 1.54) is 0 Å². The van der Waals surface area contributed by atoms with Crippen LogP contribution in [0.3, 0.4) is 0 Å². The molecular formula is C16H28IN3O2. The molecule has 22 heavy (non-hydrogen) atoms. The number of methoxy groups -OCH3 is 1. The van der Waals surface area contributed by atoms with Crippen LogP contribution in [0, 0.1) is 5.92 Å². The number of nitrogens with zero attached hydrogens (tertiary/aromatic N) is 1. The van der Waals surface area contributed by atoms with Gasteiger partial charge >= 0.3 is 0 Å². The van der Waals surface area contributed by atoms with Crippen LogP contribution in [0.2, 0.25) is 0 Å². The summed E-state index contributed by atoms with van der Waals surface area (Å²) in [4.78, 5) is 4.33. The fourth-order valence-corrected chi connectivity index (χ4v) is 1.70. The molecule has 0 bridgehead atoms. The maximum atomic E-state index is 5.84. The SMILES string of the molecule is COCCOc1cccc(CN=C(N)NCCC(C)C)c1.I. The number of halogens is 1. The van der Waals surface area contributed by atoms with Crippen molar-refractivity contribution in [1.29, 1.82) is 0 Å². The van der Waals surface area contributed by atoms with E-state index < -0.39 is 0 Å². The summed E-state index contributed by atoms with van der Waals surface area (Å²) < 4.78 is 10.5. The molecule has 5 nitrogen and oxygen atoms in total. The third-order valence-corrected chi connectivity index (χ3v) is 2.91. The second-order valence-electron chi connectivity index (χ2n) is 5.30. The van der Waals surface area contributed by atoms with E-state index in [1.807, 2.05) is 24.3 Å². The zero-order valence-electron chi connectivity index (χ0n) is 13.7. The van der Waals surface area contributed by atoms with Crippen LogP contribution in [0.25, 0.3) is 0 Å². The predicted molar refractivity (Wildman–Crippen MR) is 102 cm³/mol. The summed E-state index contributed by atoms with van der Waals surface area (Å²) in [6, 6.07) is 7.86. The number of nitrogens with one attached hydrogen (secondary N) is 1. The van der Waals surface area contributed by atoms with Gasteiger partial charge in [-0.25, -0.2) is 4.99 Å². The van der Waals surface area contributed by atoms with Crippen LogP contribution in [-0.4, -0.2) is 32.8 Å². The van der Waals surface area contributed by atoms with Crippen LogP contribution >= 0.6 is 24.0 Å². The summed E-state index contributed by atoms with van der Waals surface area (Å²) in [6.45, 7) is 6.89. The maximum Gasteiger partial charge on any atom is 0.188 e. The van der Waals surface area contributed by atoms with E-state index in [2.05, 4.69) is 24.2 Å². The molecule has 1 aromatic rings. The number of hydrogen-bond donors (Lipinski definition) is 2. The molecule has 0 heterocycles. The van der Waals surface area contributed by atoms with E-state index in [-0.39, 0.29) is 24.0 Å². The number of guanidine groups is 1. The van der Waals surface area contributed by atoms with E-state index in [9.17, 15) is 0 Å². The Bertz CT molecular complexity index is 439. The van der Waals surface area contributed by atoms with E-state index in [0.29, 0.717) is 31.6 Å². The zero-order valence-corrected chi connectivity index (χ0v) is 16.0. The predicted octanol–water partition coefficient (Wildman–Crippen LogP) is 2.78. The lowest BCUT2D eigenvalue weighted by Gasteiger charge is -2.08. The molecule has 0 aliphatic carbocycles. The van der Waals surface area contributed by atoms with Gasteiger partial charge in [0.25, 0.3) is 0 Å². The molecule has 0 aliphatic rings. The molecule has 3 N–H and O–H groups in total. The van der Waals surface area contributed by atoms with Gasteiger partial charge in [-0.15, -0.1) is 24.0 Å². The molecule has 0 aliphatic heterocycles. The maximum absolute atomic E-state index is 5.84. The minimum Gasteiger partial charge on any atom is -0.491 e. The van der Waals surface area contributed by atoms with Crippen molar-refractivity contribution in [3.05, 3.63) is 29.8 Å². The fourth-order valence-electron chi connectivity index (χ4n) is 1.70. The Labute approximate surface area is 150 Å². The van der Waals surface area contributed by atoms with Gasteiger partial charge in [-0.1, -0.05) is 26.0 Å². The Morgan fingerprint density at radius 3 is 2.77 bits per heavy atom. The first kappa shape index (κ1) is 21.0. The number of rotatable bonds is 9. The summed E-state index contributed by atoms with van der Waals surface area (Å²) in [6.07, 6.45) is 1.08. The number of aliphatic imine (C=N–C) groups is 1. The van der Waals surface area contributed by atoms with Gasteiger partial charge in [0.2, 0.25) is 0 Å². The lowest BCUT2D eigenvalue weighted by atomic mass is 10.1. The highest BCUT2D eigenvalue weighted by Gasteiger charge is 1.98. The first-order valence-electron chi connectivity index (χ1n) is 7.36. The van der Waals surface area contributed by atoms with E-state index in [1.54, 1.807) is 7.11 Å². The van der Waals surface area contributed by atoms with Gasteiger partial charge in [0.15, 0.2) is 5.96 Å². The second-order valence-corrected chi connectivity index (χ2v) is 5.30. The molecule has 0 saturated carbocycles. The highest BCUT2D eigenvalue weighted by Crippen LogP contribution is 2.13. The van der Waals surface area contributed by atoms with Gasteiger partial charge < -0.3 is 20.5 Å². The van der Waals surface area contributed by atoms with Crippen molar-refractivity contribution < 1.29 is 9.47 Å². The molecule has 6 heteroatoms. The van der Waals surface area contributed by atoms with E-state index >= 15 is 0 Å². The standard InChI is InChI=1S/C16H27N3O2.HI/c1-13(2)7-8-18-16(17)19-12-14-5-4-6-15(11-14)21-10-9-20-3;/h4-6,11,13H,7-10,12H2,1-3H3,(H3,17,18,19);1H. The number of ether oxygens (including phenoxy) is 2. The van der Waals surface area contributed by atoms with Gasteiger partial charge in [0.05, 0.1) is 13.2 Å². The summed E-state index contributed by atoms with van der Waals surface area (Å²) in [5.41, 5.74) is 6.90. The lowest BCUT2D eigenvalue weighted by molar-refractivity contribution is 0.146. The molecular weight excluding hydrogens is 393 g/mol. The molecule has 1 rings (SSSR count). The fraction of sp³-hybridized carbons (Fsp3) is 0.562.